The molecule has 0 spiro atoms. The molecule has 0 aliphatic carbocycles. The second-order valence-corrected chi connectivity index (χ2v) is 5.90. The molecule has 0 amide bonds. The summed E-state index contributed by atoms with van der Waals surface area (Å²) >= 11 is 1.75. The highest BCUT2D eigenvalue weighted by atomic mass is 32.1. The largest absolute Gasteiger partial charge is 0.308 e. The lowest BCUT2D eigenvalue weighted by Gasteiger charge is -2.03. The van der Waals surface area contributed by atoms with Crippen LogP contribution in [0.3, 0.4) is 0 Å². The van der Waals surface area contributed by atoms with Crippen molar-refractivity contribution < 1.29 is 4.39 Å². The maximum Gasteiger partial charge on any atom is 0.123 e. The average Bonchev–Trinajstić information content (AvgIpc) is 2.97. The normalized spacial score (nSPS) is 10.7. The van der Waals surface area contributed by atoms with E-state index in [-0.39, 0.29) is 5.82 Å². The highest BCUT2D eigenvalue weighted by molar-refractivity contribution is 7.10. The van der Waals surface area contributed by atoms with Gasteiger partial charge in [-0.1, -0.05) is 42.5 Å². The Kier molecular flexibility index (Phi) is 4.43. The minimum Gasteiger partial charge on any atom is -0.308 e. The molecule has 3 rings (SSSR count). The van der Waals surface area contributed by atoms with E-state index in [0.29, 0.717) is 6.54 Å². The highest BCUT2D eigenvalue weighted by Gasteiger charge is 2.02. The van der Waals surface area contributed by atoms with Gasteiger partial charge in [-0.2, -0.15) is 0 Å². The summed E-state index contributed by atoms with van der Waals surface area (Å²) in [5, 5.41) is 5.53. The summed E-state index contributed by atoms with van der Waals surface area (Å²) in [6.45, 7) is 1.48. The SMILES string of the molecule is Fc1cccc(CNCc2cc(-c3ccccc3)cs2)c1. The maximum absolute atomic E-state index is 13.1. The van der Waals surface area contributed by atoms with E-state index in [4.69, 9.17) is 0 Å². The smallest absolute Gasteiger partial charge is 0.123 e. The molecule has 3 aromatic rings. The second-order valence-electron chi connectivity index (χ2n) is 4.90. The molecule has 0 bridgehead atoms. The monoisotopic (exact) mass is 297 g/mol. The van der Waals surface area contributed by atoms with Crippen LogP contribution in [0.2, 0.25) is 0 Å². The van der Waals surface area contributed by atoms with Gasteiger partial charge in [0.2, 0.25) is 0 Å². The van der Waals surface area contributed by atoms with Gasteiger partial charge in [-0.05, 0) is 40.3 Å². The van der Waals surface area contributed by atoms with Gasteiger partial charge in [0.1, 0.15) is 5.82 Å². The Labute approximate surface area is 128 Å². The van der Waals surface area contributed by atoms with Gasteiger partial charge in [0.05, 0.1) is 0 Å². The first-order chi connectivity index (χ1) is 10.3. The number of benzene rings is 2. The molecule has 1 nitrogen and oxygen atoms in total. The van der Waals surface area contributed by atoms with Crippen LogP contribution in [0.4, 0.5) is 4.39 Å². The molecule has 0 saturated carbocycles. The second kappa shape index (κ2) is 6.66. The average molecular weight is 297 g/mol. The van der Waals surface area contributed by atoms with E-state index < -0.39 is 0 Å². The van der Waals surface area contributed by atoms with Gasteiger partial charge < -0.3 is 5.32 Å². The van der Waals surface area contributed by atoms with E-state index in [0.717, 1.165) is 12.1 Å². The summed E-state index contributed by atoms with van der Waals surface area (Å²) < 4.78 is 13.1. The molecule has 0 aliphatic heterocycles. The molecule has 2 aromatic carbocycles. The van der Waals surface area contributed by atoms with Crippen molar-refractivity contribution >= 4 is 11.3 Å². The molecule has 0 aliphatic rings. The molecule has 21 heavy (non-hydrogen) atoms. The zero-order valence-corrected chi connectivity index (χ0v) is 12.4. The van der Waals surface area contributed by atoms with Crippen LogP contribution in [0.1, 0.15) is 10.4 Å². The number of hydrogen-bond donors (Lipinski definition) is 1. The standard InChI is InChI=1S/C18H16FNS/c19-17-8-4-5-14(9-17)11-20-12-18-10-16(13-21-18)15-6-2-1-3-7-15/h1-10,13,20H,11-12H2. The summed E-state index contributed by atoms with van der Waals surface area (Å²) in [5.41, 5.74) is 3.46. The van der Waals surface area contributed by atoms with Crippen LogP contribution in [-0.2, 0) is 13.1 Å². The van der Waals surface area contributed by atoms with E-state index in [1.807, 2.05) is 12.1 Å². The fourth-order valence-corrected chi connectivity index (χ4v) is 3.10. The third-order valence-corrected chi connectivity index (χ3v) is 4.21. The van der Waals surface area contributed by atoms with E-state index >= 15 is 0 Å². The molecule has 1 N–H and O–H groups in total. The molecular weight excluding hydrogens is 281 g/mol. The Balaban J connectivity index is 1.58. The van der Waals surface area contributed by atoms with Crippen molar-refractivity contribution in [2.24, 2.45) is 0 Å². The van der Waals surface area contributed by atoms with E-state index in [1.54, 1.807) is 23.5 Å². The quantitative estimate of drug-likeness (QED) is 0.710. The summed E-state index contributed by atoms with van der Waals surface area (Å²) in [6, 6.07) is 19.3. The third kappa shape index (κ3) is 3.78. The van der Waals surface area contributed by atoms with Crippen LogP contribution >= 0.6 is 11.3 Å². The first-order valence-electron chi connectivity index (χ1n) is 6.89. The number of halogens is 1. The topological polar surface area (TPSA) is 12.0 Å². The van der Waals surface area contributed by atoms with Gasteiger partial charge in [-0.25, -0.2) is 4.39 Å². The van der Waals surface area contributed by atoms with Gasteiger partial charge in [0.15, 0.2) is 0 Å². The van der Waals surface area contributed by atoms with Crippen molar-refractivity contribution in [3.05, 3.63) is 82.3 Å². The Bertz CT molecular complexity index is 706. The zero-order chi connectivity index (χ0) is 14.5. The Morgan fingerprint density at radius 2 is 1.71 bits per heavy atom. The molecule has 0 fully saturated rings. The van der Waals surface area contributed by atoms with E-state index in [9.17, 15) is 4.39 Å². The molecule has 106 valence electrons. The Morgan fingerprint density at radius 1 is 0.857 bits per heavy atom. The first kappa shape index (κ1) is 14.0. The minimum absolute atomic E-state index is 0.184. The van der Waals surface area contributed by atoms with Crippen molar-refractivity contribution in [1.29, 1.82) is 0 Å². The van der Waals surface area contributed by atoms with Gasteiger partial charge in [-0.15, -0.1) is 11.3 Å². The van der Waals surface area contributed by atoms with Crippen LogP contribution < -0.4 is 5.32 Å². The number of rotatable bonds is 5. The predicted molar refractivity (Wildman–Crippen MR) is 86.7 cm³/mol. The number of hydrogen-bond acceptors (Lipinski definition) is 2. The van der Waals surface area contributed by atoms with Crippen molar-refractivity contribution in [3.8, 4) is 11.1 Å². The zero-order valence-electron chi connectivity index (χ0n) is 11.6. The molecule has 0 unspecified atom stereocenters. The first-order valence-corrected chi connectivity index (χ1v) is 7.77. The number of thiophene rings is 1. The van der Waals surface area contributed by atoms with Crippen LogP contribution in [-0.4, -0.2) is 0 Å². The van der Waals surface area contributed by atoms with Gasteiger partial charge in [-0.3, -0.25) is 0 Å². The number of nitrogens with one attached hydrogen (secondary N) is 1. The fraction of sp³-hybridized carbons (Fsp3) is 0.111. The predicted octanol–water partition coefficient (Wildman–Crippen LogP) is 4.84. The molecule has 3 heteroatoms. The highest BCUT2D eigenvalue weighted by Crippen LogP contribution is 2.25. The molecule has 1 aromatic heterocycles. The molecular formula is C18H16FNS. The summed E-state index contributed by atoms with van der Waals surface area (Å²) in [7, 11) is 0. The maximum atomic E-state index is 13.1. The Hall–Kier alpha value is -1.97. The molecule has 0 radical (unpaired) electrons. The van der Waals surface area contributed by atoms with E-state index in [2.05, 4.69) is 41.0 Å². The van der Waals surface area contributed by atoms with E-state index in [1.165, 1.54) is 22.1 Å². The fourth-order valence-electron chi connectivity index (χ4n) is 2.23. The van der Waals surface area contributed by atoms with Crippen LogP contribution in [0.5, 0.6) is 0 Å². The van der Waals surface area contributed by atoms with Crippen molar-refractivity contribution in [2.45, 2.75) is 13.1 Å². The summed E-state index contributed by atoms with van der Waals surface area (Å²) in [6.07, 6.45) is 0. The van der Waals surface area contributed by atoms with Gasteiger partial charge in [0.25, 0.3) is 0 Å². The van der Waals surface area contributed by atoms with Crippen LogP contribution in [0.25, 0.3) is 11.1 Å². The molecule has 0 saturated heterocycles. The minimum atomic E-state index is -0.184. The van der Waals surface area contributed by atoms with Crippen LogP contribution in [0, 0.1) is 5.82 Å². The third-order valence-electron chi connectivity index (χ3n) is 3.28. The summed E-state index contributed by atoms with van der Waals surface area (Å²) in [4.78, 5) is 1.28. The summed E-state index contributed by atoms with van der Waals surface area (Å²) in [5.74, 6) is -0.184. The van der Waals surface area contributed by atoms with Gasteiger partial charge >= 0.3 is 0 Å². The van der Waals surface area contributed by atoms with Gasteiger partial charge in [0, 0.05) is 18.0 Å². The van der Waals surface area contributed by atoms with Crippen molar-refractivity contribution in [3.63, 3.8) is 0 Å². The lowest BCUT2D eigenvalue weighted by atomic mass is 10.1. The Morgan fingerprint density at radius 3 is 2.52 bits per heavy atom. The van der Waals surface area contributed by atoms with Crippen molar-refractivity contribution in [2.75, 3.05) is 0 Å². The molecule has 1 heterocycles. The molecule has 0 atom stereocenters. The van der Waals surface area contributed by atoms with Crippen molar-refractivity contribution in [1.82, 2.24) is 5.32 Å². The lowest BCUT2D eigenvalue weighted by molar-refractivity contribution is 0.620. The van der Waals surface area contributed by atoms with Crippen LogP contribution in [0.15, 0.2) is 66.0 Å². The lowest BCUT2D eigenvalue weighted by Crippen LogP contribution is -2.11.